The minimum absolute atomic E-state index is 0.0579. The highest BCUT2D eigenvalue weighted by molar-refractivity contribution is 5.94. The zero-order chi connectivity index (χ0) is 19.1. The van der Waals surface area contributed by atoms with E-state index < -0.39 is 0 Å². The molecule has 0 saturated carbocycles. The second kappa shape index (κ2) is 9.36. The fourth-order valence-corrected chi connectivity index (χ4v) is 3.65. The third-order valence-electron chi connectivity index (χ3n) is 5.11. The van der Waals surface area contributed by atoms with Crippen LogP contribution in [0.2, 0.25) is 0 Å². The second-order valence-electron chi connectivity index (χ2n) is 7.14. The smallest absolute Gasteiger partial charge is 0.227 e. The molecule has 0 spiro atoms. The van der Waals surface area contributed by atoms with Crippen molar-refractivity contribution in [1.82, 2.24) is 5.32 Å². The van der Waals surface area contributed by atoms with Gasteiger partial charge in [-0.1, -0.05) is 55.8 Å². The predicted molar refractivity (Wildman–Crippen MR) is 109 cm³/mol. The minimum atomic E-state index is -0.122. The number of amides is 2. The van der Waals surface area contributed by atoms with Crippen LogP contribution in [0.3, 0.4) is 0 Å². The van der Waals surface area contributed by atoms with Crippen molar-refractivity contribution in [3.8, 4) is 0 Å². The molecule has 1 aliphatic heterocycles. The molecule has 2 amide bonds. The summed E-state index contributed by atoms with van der Waals surface area (Å²) in [6, 6.07) is 17.9. The van der Waals surface area contributed by atoms with Gasteiger partial charge in [0.15, 0.2) is 0 Å². The molecule has 0 radical (unpaired) electrons. The first-order valence-corrected chi connectivity index (χ1v) is 9.91. The van der Waals surface area contributed by atoms with Gasteiger partial charge >= 0.3 is 0 Å². The lowest BCUT2D eigenvalue weighted by Gasteiger charge is -2.27. The molecule has 1 aliphatic rings. The molecular formula is C23H28N2O2. The topological polar surface area (TPSA) is 49.4 Å². The molecule has 1 atom stereocenters. The van der Waals surface area contributed by atoms with Crippen molar-refractivity contribution in [3.63, 3.8) is 0 Å². The van der Waals surface area contributed by atoms with Crippen LogP contribution in [-0.2, 0) is 16.1 Å². The van der Waals surface area contributed by atoms with E-state index in [-0.39, 0.29) is 17.7 Å². The SMILES string of the molecule is CCCC(C(=O)NCc1cccc(N2CCCCC2=O)c1)c1ccccc1. The lowest BCUT2D eigenvalue weighted by molar-refractivity contribution is -0.123. The highest BCUT2D eigenvalue weighted by atomic mass is 16.2. The maximum absolute atomic E-state index is 12.8. The molecule has 4 heteroatoms. The number of nitrogens with one attached hydrogen (secondary N) is 1. The van der Waals surface area contributed by atoms with E-state index in [0.29, 0.717) is 13.0 Å². The average molecular weight is 364 g/mol. The Morgan fingerprint density at radius 3 is 2.67 bits per heavy atom. The van der Waals surface area contributed by atoms with Crippen LogP contribution in [-0.4, -0.2) is 18.4 Å². The van der Waals surface area contributed by atoms with Crippen LogP contribution < -0.4 is 10.2 Å². The Bertz CT molecular complexity index is 773. The number of piperidine rings is 1. The summed E-state index contributed by atoms with van der Waals surface area (Å²) >= 11 is 0. The number of carbonyl (C=O) groups excluding carboxylic acids is 2. The molecule has 142 valence electrons. The predicted octanol–water partition coefficient (Wildman–Crippen LogP) is 4.40. The van der Waals surface area contributed by atoms with Gasteiger partial charge in [-0.05, 0) is 42.5 Å². The van der Waals surface area contributed by atoms with E-state index in [4.69, 9.17) is 0 Å². The number of hydrogen-bond acceptors (Lipinski definition) is 2. The third-order valence-corrected chi connectivity index (χ3v) is 5.11. The molecule has 4 nitrogen and oxygen atoms in total. The van der Waals surface area contributed by atoms with Gasteiger partial charge < -0.3 is 10.2 Å². The molecule has 1 saturated heterocycles. The maximum atomic E-state index is 12.8. The Labute approximate surface area is 161 Å². The van der Waals surface area contributed by atoms with Crippen LogP contribution >= 0.6 is 0 Å². The molecule has 1 fully saturated rings. The zero-order valence-electron chi connectivity index (χ0n) is 16.0. The summed E-state index contributed by atoms with van der Waals surface area (Å²) in [5, 5.41) is 3.08. The summed E-state index contributed by atoms with van der Waals surface area (Å²) in [6.07, 6.45) is 4.43. The van der Waals surface area contributed by atoms with Crippen molar-refractivity contribution in [2.24, 2.45) is 0 Å². The van der Waals surface area contributed by atoms with Crippen LogP contribution in [0.4, 0.5) is 5.69 Å². The van der Waals surface area contributed by atoms with E-state index in [1.165, 1.54) is 0 Å². The Kier molecular flexibility index (Phi) is 6.64. The fourth-order valence-electron chi connectivity index (χ4n) is 3.65. The summed E-state index contributed by atoms with van der Waals surface area (Å²) in [5.41, 5.74) is 3.01. The van der Waals surface area contributed by atoms with Crippen LogP contribution in [0.15, 0.2) is 54.6 Å². The zero-order valence-corrected chi connectivity index (χ0v) is 16.0. The first-order chi connectivity index (χ1) is 13.2. The van der Waals surface area contributed by atoms with Crippen LogP contribution in [0.25, 0.3) is 0 Å². The molecule has 2 aromatic carbocycles. The van der Waals surface area contributed by atoms with Gasteiger partial charge in [-0.15, -0.1) is 0 Å². The Hall–Kier alpha value is -2.62. The first kappa shape index (κ1) is 19.2. The molecule has 1 unspecified atom stereocenters. The van der Waals surface area contributed by atoms with Gasteiger partial charge in [-0.3, -0.25) is 9.59 Å². The summed E-state index contributed by atoms with van der Waals surface area (Å²) in [4.78, 5) is 26.8. The van der Waals surface area contributed by atoms with E-state index in [0.717, 1.165) is 49.0 Å². The molecule has 27 heavy (non-hydrogen) atoms. The first-order valence-electron chi connectivity index (χ1n) is 9.91. The van der Waals surface area contributed by atoms with Gasteiger partial charge in [0.2, 0.25) is 11.8 Å². The van der Waals surface area contributed by atoms with E-state index in [1.54, 1.807) is 0 Å². The van der Waals surface area contributed by atoms with Crippen molar-refractivity contribution in [2.75, 3.05) is 11.4 Å². The second-order valence-corrected chi connectivity index (χ2v) is 7.14. The number of nitrogens with zero attached hydrogens (tertiary/aromatic N) is 1. The molecule has 1 heterocycles. The summed E-state index contributed by atoms with van der Waals surface area (Å²) in [6.45, 7) is 3.35. The Morgan fingerprint density at radius 2 is 1.93 bits per heavy atom. The van der Waals surface area contributed by atoms with E-state index in [2.05, 4.69) is 12.2 Å². The minimum Gasteiger partial charge on any atom is -0.351 e. The monoisotopic (exact) mass is 364 g/mol. The quantitative estimate of drug-likeness (QED) is 0.791. The van der Waals surface area contributed by atoms with Gasteiger partial charge in [0.1, 0.15) is 0 Å². The van der Waals surface area contributed by atoms with Gasteiger partial charge in [0, 0.05) is 25.2 Å². The number of benzene rings is 2. The molecule has 1 N–H and O–H groups in total. The van der Waals surface area contributed by atoms with Gasteiger partial charge in [-0.25, -0.2) is 0 Å². The van der Waals surface area contributed by atoms with E-state index >= 15 is 0 Å². The number of rotatable bonds is 7. The molecule has 0 aliphatic carbocycles. The van der Waals surface area contributed by atoms with Gasteiger partial charge in [-0.2, -0.15) is 0 Å². The van der Waals surface area contributed by atoms with Gasteiger partial charge in [0.25, 0.3) is 0 Å². The van der Waals surface area contributed by atoms with Crippen LogP contribution in [0.5, 0.6) is 0 Å². The highest BCUT2D eigenvalue weighted by Crippen LogP contribution is 2.23. The standard InChI is InChI=1S/C23H28N2O2/c1-2-9-21(19-11-4-3-5-12-19)23(27)24-17-18-10-8-13-20(16-18)25-15-7-6-14-22(25)26/h3-5,8,10-13,16,21H,2,6-7,9,14-15,17H2,1H3,(H,24,27). The van der Waals surface area contributed by atoms with E-state index in [9.17, 15) is 9.59 Å². The normalized spacial score (nSPS) is 15.4. The summed E-state index contributed by atoms with van der Waals surface area (Å²) in [7, 11) is 0. The Balaban J connectivity index is 1.66. The van der Waals surface area contributed by atoms with Crippen LogP contribution in [0.1, 0.15) is 56.1 Å². The molecule has 0 bridgehead atoms. The average Bonchev–Trinajstić information content (AvgIpc) is 2.71. The maximum Gasteiger partial charge on any atom is 0.227 e. The number of hydrogen-bond donors (Lipinski definition) is 1. The van der Waals surface area contributed by atoms with Crippen molar-refractivity contribution < 1.29 is 9.59 Å². The summed E-state index contributed by atoms with van der Waals surface area (Å²) < 4.78 is 0. The van der Waals surface area contributed by atoms with Gasteiger partial charge in [0.05, 0.1) is 5.92 Å². The van der Waals surface area contributed by atoms with Crippen molar-refractivity contribution >= 4 is 17.5 Å². The van der Waals surface area contributed by atoms with E-state index in [1.807, 2.05) is 59.5 Å². The molecule has 3 rings (SSSR count). The summed E-state index contributed by atoms with van der Waals surface area (Å²) in [5.74, 6) is 0.125. The lowest BCUT2D eigenvalue weighted by Crippen LogP contribution is -2.35. The highest BCUT2D eigenvalue weighted by Gasteiger charge is 2.21. The molecule has 0 aromatic heterocycles. The largest absolute Gasteiger partial charge is 0.351 e. The third kappa shape index (κ3) is 4.97. The molecular weight excluding hydrogens is 336 g/mol. The Morgan fingerprint density at radius 1 is 1.11 bits per heavy atom. The fraction of sp³-hybridized carbons (Fsp3) is 0.391. The number of carbonyl (C=O) groups is 2. The van der Waals surface area contributed by atoms with Crippen molar-refractivity contribution in [1.29, 1.82) is 0 Å². The van der Waals surface area contributed by atoms with Crippen LogP contribution in [0, 0.1) is 0 Å². The number of anilines is 1. The molecule has 2 aromatic rings. The van der Waals surface area contributed by atoms with Crippen molar-refractivity contribution in [2.45, 2.75) is 51.5 Å². The van der Waals surface area contributed by atoms with Crippen molar-refractivity contribution in [3.05, 3.63) is 65.7 Å². The lowest BCUT2D eigenvalue weighted by atomic mass is 9.93.